The van der Waals surface area contributed by atoms with Crippen LogP contribution in [0.3, 0.4) is 0 Å². The van der Waals surface area contributed by atoms with Crippen molar-refractivity contribution < 1.29 is 13.2 Å². The van der Waals surface area contributed by atoms with Gasteiger partial charge in [0.05, 0.1) is 5.69 Å². The van der Waals surface area contributed by atoms with Gasteiger partial charge in [0.2, 0.25) is 0 Å². The molecular formula is C9H8F3N3. The zero-order chi connectivity index (χ0) is 10.9. The highest BCUT2D eigenvalue weighted by atomic mass is 19.4. The Labute approximate surface area is 83.4 Å². The Morgan fingerprint density at radius 3 is 2.80 bits per heavy atom. The van der Waals surface area contributed by atoms with E-state index in [4.69, 9.17) is 0 Å². The van der Waals surface area contributed by atoms with Gasteiger partial charge in [0.1, 0.15) is 12.0 Å². The second-order valence-electron chi connectivity index (χ2n) is 3.18. The van der Waals surface area contributed by atoms with Crippen LogP contribution < -0.4 is 0 Å². The minimum Gasteiger partial charge on any atom is -0.346 e. The second kappa shape index (κ2) is 3.52. The molecule has 0 aliphatic heterocycles. The van der Waals surface area contributed by atoms with Crippen LogP contribution in [0, 0.1) is 0 Å². The first kappa shape index (κ1) is 9.95. The molecule has 80 valence electrons. The van der Waals surface area contributed by atoms with E-state index in [2.05, 4.69) is 15.0 Å². The third-order valence-corrected chi connectivity index (χ3v) is 2.08. The number of hydrogen-bond donors (Lipinski definition) is 1. The Morgan fingerprint density at radius 2 is 2.07 bits per heavy atom. The van der Waals surface area contributed by atoms with Crippen LogP contribution >= 0.6 is 0 Å². The molecule has 0 aliphatic carbocycles. The highest BCUT2D eigenvalue weighted by Crippen LogP contribution is 2.23. The normalized spacial score (nSPS) is 12.2. The Balaban J connectivity index is 2.24. The van der Waals surface area contributed by atoms with E-state index >= 15 is 0 Å². The van der Waals surface area contributed by atoms with Gasteiger partial charge in [0.15, 0.2) is 0 Å². The Morgan fingerprint density at radius 1 is 1.27 bits per heavy atom. The monoisotopic (exact) mass is 215 g/mol. The first-order chi connectivity index (χ1) is 7.06. The minimum atomic E-state index is -4.15. The molecule has 2 aromatic rings. The number of aromatic nitrogens is 3. The van der Waals surface area contributed by atoms with Gasteiger partial charge in [-0.05, 0) is 12.5 Å². The van der Waals surface area contributed by atoms with Crippen molar-refractivity contribution in [2.75, 3.05) is 0 Å². The lowest BCUT2D eigenvalue weighted by molar-refractivity contribution is -0.134. The molecule has 1 N–H and O–H groups in total. The van der Waals surface area contributed by atoms with Crippen molar-refractivity contribution in [3.05, 3.63) is 24.3 Å². The SMILES string of the molecule is FC(F)(F)CCc1ncnc2[nH]ccc12. The predicted octanol–water partition coefficient (Wildman–Crippen LogP) is 2.45. The molecule has 2 heterocycles. The molecular weight excluding hydrogens is 207 g/mol. The summed E-state index contributed by atoms with van der Waals surface area (Å²) >= 11 is 0. The molecule has 0 spiro atoms. The highest BCUT2D eigenvalue weighted by Gasteiger charge is 2.27. The molecule has 0 bridgehead atoms. The van der Waals surface area contributed by atoms with E-state index in [1.165, 1.54) is 6.33 Å². The van der Waals surface area contributed by atoms with Gasteiger partial charge < -0.3 is 4.98 Å². The summed E-state index contributed by atoms with van der Waals surface area (Å²) in [4.78, 5) is 10.6. The number of fused-ring (bicyclic) bond motifs is 1. The van der Waals surface area contributed by atoms with Crippen molar-refractivity contribution in [2.45, 2.75) is 19.0 Å². The van der Waals surface area contributed by atoms with Crippen molar-refractivity contribution in [3.8, 4) is 0 Å². The molecule has 0 saturated heterocycles. The molecule has 0 fully saturated rings. The molecule has 0 atom stereocenters. The molecule has 2 aromatic heterocycles. The fourth-order valence-electron chi connectivity index (χ4n) is 1.39. The van der Waals surface area contributed by atoms with Crippen molar-refractivity contribution in [1.82, 2.24) is 15.0 Å². The number of alkyl halides is 3. The van der Waals surface area contributed by atoms with Gasteiger partial charge in [-0.15, -0.1) is 0 Å². The van der Waals surface area contributed by atoms with Crippen LogP contribution in [0.4, 0.5) is 13.2 Å². The molecule has 3 nitrogen and oxygen atoms in total. The maximum absolute atomic E-state index is 12.0. The summed E-state index contributed by atoms with van der Waals surface area (Å²) in [6.07, 6.45) is -2.21. The number of hydrogen-bond acceptors (Lipinski definition) is 2. The van der Waals surface area contributed by atoms with Gasteiger partial charge >= 0.3 is 6.18 Å². The van der Waals surface area contributed by atoms with Crippen molar-refractivity contribution in [1.29, 1.82) is 0 Å². The van der Waals surface area contributed by atoms with Gasteiger partial charge in [-0.2, -0.15) is 13.2 Å². The topological polar surface area (TPSA) is 41.6 Å². The van der Waals surface area contributed by atoms with Gasteiger partial charge in [-0.3, -0.25) is 0 Å². The molecule has 0 radical (unpaired) electrons. The zero-order valence-electron chi connectivity index (χ0n) is 7.67. The second-order valence-corrected chi connectivity index (χ2v) is 3.18. The van der Waals surface area contributed by atoms with E-state index in [1.807, 2.05) is 0 Å². The van der Waals surface area contributed by atoms with Crippen molar-refractivity contribution in [3.63, 3.8) is 0 Å². The zero-order valence-corrected chi connectivity index (χ0v) is 7.67. The number of H-pyrrole nitrogens is 1. The number of rotatable bonds is 2. The molecule has 0 aromatic carbocycles. The molecule has 0 saturated carbocycles. The van der Waals surface area contributed by atoms with Crippen LogP contribution in [0.15, 0.2) is 18.6 Å². The molecule has 6 heteroatoms. The number of aromatic amines is 1. The average molecular weight is 215 g/mol. The third kappa shape index (κ3) is 2.26. The van der Waals surface area contributed by atoms with E-state index in [0.29, 0.717) is 16.7 Å². The van der Waals surface area contributed by atoms with Crippen molar-refractivity contribution in [2.24, 2.45) is 0 Å². The Hall–Kier alpha value is -1.59. The summed E-state index contributed by atoms with van der Waals surface area (Å²) < 4.78 is 36.0. The summed E-state index contributed by atoms with van der Waals surface area (Å²) in [5, 5.41) is 0.654. The molecule has 0 amide bonds. The van der Waals surface area contributed by atoms with Crippen LogP contribution in [0.25, 0.3) is 11.0 Å². The maximum Gasteiger partial charge on any atom is 0.389 e. The fraction of sp³-hybridized carbons (Fsp3) is 0.333. The number of nitrogens with one attached hydrogen (secondary N) is 1. The summed E-state index contributed by atoms with van der Waals surface area (Å²) in [7, 11) is 0. The third-order valence-electron chi connectivity index (χ3n) is 2.08. The maximum atomic E-state index is 12.0. The lowest BCUT2D eigenvalue weighted by atomic mass is 10.2. The standard InChI is InChI=1S/C9H8F3N3/c10-9(11,12)3-1-7-6-2-4-13-8(6)15-5-14-7/h2,4-5H,1,3H2,(H,13,14,15). The fourth-order valence-corrected chi connectivity index (χ4v) is 1.39. The summed E-state index contributed by atoms with van der Waals surface area (Å²) in [5.74, 6) is 0. The molecule has 0 unspecified atom stereocenters. The largest absolute Gasteiger partial charge is 0.389 e. The van der Waals surface area contributed by atoms with Crippen molar-refractivity contribution >= 4 is 11.0 Å². The Kier molecular flexibility index (Phi) is 2.34. The van der Waals surface area contributed by atoms with E-state index in [-0.39, 0.29) is 6.42 Å². The summed E-state index contributed by atoms with van der Waals surface area (Å²) in [6.45, 7) is 0. The quantitative estimate of drug-likeness (QED) is 0.835. The van der Waals surface area contributed by atoms with E-state index in [1.54, 1.807) is 12.3 Å². The Bertz CT molecular complexity index is 461. The van der Waals surface area contributed by atoms with Gasteiger partial charge in [0.25, 0.3) is 0 Å². The van der Waals surface area contributed by atoms with E-state index in [0.717, 1.165) is 0 Å². The summed E-state index contributed by atoms with van der Waals surface area (Å²) in [5.41, 5.74) is 1.00. The van der Waals surface area contributed by atoms with Crippen LogP contribution in [0.2, 0.25) is 0 Å². The lowest BCUT2D eigenvalue weighted by Gasteiger charge is -2.05. The number of nitrogens with zero attached hydrogens (tertiary/aromatic N) is 2. The molecule has 15 heavy (non-hydrogen) atoms. The number of halogens is 3. The van der Waals surface area contributed by atoms with Crippen LogP contribution in [-0.2, 0) is 6.42 Å². The lowest BCUT2D eigenvalue weighted by Crippen LogP contribution is -2.09. The predicted molar refractivity (Wildman–Crippen MR) is 48.3 cm³/mol. The van der Waals surface area contributed by atoms with E-state index in [9.17, 15) is 13.2 Å². The minimum absolute atomic E-state index is 0.111. The van der Waals surface area contributed by atoms with Gasteiger partial charge in [-0.1, -0.05) is 0 Å². The first-order valence-electron chi connectivity index (χ1n) is 4.40. The van der Waals surface area contributed by atoms with Crippen LogP contribution in [0.5, 0.6) is 0 Å². The van der Waals surface area contributed by atoms with E-state index < -0.39 is 12.6 Å². The summed E-state index contributed by atoms with van der Waals surface area (Å²) in [6, 6.07) is 1.68. The average Bonchev–Trinajstić information content (AvgIpc) is 2.61. The van der Waals surface area contributed by atoms with Gasteiger partial charge in [-0.25, -0.2) is 9.97 Å². The highest BCUT2D eigenvalue weighted by molar-refractivity contribution is 5.77. The molecule has 0 aliphatic rings. The van der Waals surface area contributed by atoms with Gasteiger partial charge in [0, 0.05) is 18.0 Å². The van der Waals surface area contributed by atoms with Crippen LogP contribution in [-0.4, -0.2) is 21.1 Å². The molecule has 2 rings (SSSR count). The van der Waals surface area contributed by atoms with Crippen LogP contribution in [0.1, 0.15) is 12.1 Å². The number of aryl methyl sites for hydroxylation is 1. The first-order valence-corrected chi connectivity index (χ1v) is 4.40. The smallest absolute Gasteiger partial charge is 0.346 e.